The molecule has 1 aromatic carbocycles. The molecule has 0 atom stereocenters. The molecule has 128 valence electrons. The van der Waals surface area contributed by atoms with E-state index in [0.717, 1.165) is 30.2 Å². The third-order valence-corrected chi connectivity index (χ3v) is 3.85. The van der Waals surface area contributed by atoms with Crippen LogP contribution in [0.1, 0.15) is 20.8 Å². The number of aromatic amines is 1. The van der Waals surface area contributed by atoms with Gasteiger partial charge in [-0.2, -0.15) is 5.10 Å². The maximum Gasteiger partial charge on any atom is 0.410 e. The fourth-order valence-electron chi connectivity index (χ4n) is 2.65. The first-order valence-electron chi connectivity index (χ1n) is 8.11. The number of carbonyl (C=O) groups is 1. The predicted molar refractivity (Wildman–Crippen MR) is 91.8 cm³/mol. The minimum Gasteiger partial charge on any atom is -0.444 e. The topological polar surface area (TPSA) is 74.3 Å². The molecule has 0 aliphatic carbocycles. The fourth-order valence-corrected chi connectivity index (χ4v) is 2.65. The van der Waals surface area contributed by atoms with E-state index in [2.05, 4.69) is 32.2 Å². The molecule has 0 spiro atoms. The number of hydrogen-bond donors (Lipinski definition) is 1. The van der Waals surface area contributed by atoms with Crippen molar-refractivity contribution < 1.29 is 9.53 Å². The number of ether oxygens (including phenoxy) is 1. The SMILES string of the molecule is CC(C)(C)OC(=O)N1CCN(c2ccc(-c3ncn[nH]3)cc2)CC1. The Morgan fingerprint density at radius 3 is 2.33 bits per heavy atom. The number of amides is 1. The van der Waals surface area contributed by atoms with Crippen LogP contribution >= 0.6 is 0 Å². The number of benzene rings is 1. The van der Waals surface area contributed by atoms with Crippen LogP contribution < -0.4 is 4.90 Å². The average molecular weight is 329 g/mol. The smallest absolute Gasteiger partial charge is 0.410 e. The summed E-state index contributed by atoms with van der Waals surface area (Å²) in [6.45, 7) is 8.57. The van der Waals surface area contributed by atoms with Gasteiger partial charge in [0.05, 0.1) is 0 Å². The van der Waals surface area contributed by atoms with Gasteiger partial charge in [0.25, 0.3) is 0 Å². The van der Waals surface area contributed by atoms with E-state index < -0.39 is 5.60 Å². The standard InChI is InChI=1S/C17H23N5O2/c1-17(2,3)24-16(23)22-10-8-21(9-11-22)14-6-4-13(5-7-14)15-18-12-19-20-15/h4-7,12H,8-11H2,1-3H3,(H,18,19,20). The Hall–Kier alpha value is -2.57. The van der Waals surface area contributed by atoms with Crippen LogP contribution in [0, 0.1) is 0 Å². The molecular weight excluding hydrogens is 306 g/mol. The Morgan fingerprint density at radius 2 is 1.79 bits per heavy atom. The van der Waals surface area contributed by atoms with Crippen LogP contribution in [-0.4, -0.2) is 58.0 Å². The van der Waals surface area contributed by atoms with Gasteiger partial charge in [-0.05, 0) is 45.0 Å². The van der Waals surface area contributed by atoms with Gasteiger partial charge in [0.2, 0.25) is 0 Å². The van der Waals surface area contributed by atoms with Crippen molar-refractivity contribution in [1.29, 1.82) is 0 Å². The number of hydrogen-bond acceptors (Lipinski definition) is 5. The maximum absolute atomic E-state index is 12.1. The van der Waals surface area contributed by atoms with Gasteiger partial charge in [0.1, 0.15) is 11.9 Å². The van der Waals surface area contributed by atoms with Crippen molar-refractivity contribution in [3.05, 3.63) is 30.6 Å². The average Bonchev–Trinajstić information content (AvgIpc) is 3.08. The van der Waals surface area contributed by atoms with Crippen molar-refractivity contribution in [1.82, 2.24) is 20.1 Å². The van der Waals surface area contributed by atoms with Gasteiger partial charge in [0.15, 0.2) is 5.82 Å². The largest absolute Gasteiger partial charge is 0.444 e. The third-order valence-electron chi connectivity index (χ3n) is 3.85. The lowest BCUT2D eigenvalue weighted by Crippen LogP contribution is -2.50. The van der Waals surface area contributed by atoms with E-state index in [4.69, 9.17) is 4.74 Å². The van der Waals surface area contributed by atoms with E-state index in [9.17, 15) is 4.79 Å². The lowest BCUT2D eigenvalue weighted by molar-refractivity contribution is 0.0240. The summed E-state index contributed by atoms with van der Waals surface area (Å²) in [6, 6.07) is 8.19. The van der Waals surface area contributed by atoms with Crippen LogP contribution in [0.2, 0.25) is 0 Å². The summed E-state index contributed by atoms with van der Waals surface area (Å²) < 4.78 is 5.43. The molecule has 7 nitrogen and oxygen atoms in total. The Morgan fingerprint density at radius 1 is 1.12 bits per heavy atom. The van der Waals surface area contributed by atoms with Crippen LogP contribution in [0.5, 0.6) is 0 Å². The second-order valence-corrected chi connectivity index (χ2v) is 6.84. The monoisotopic (exact) mass is 329 g/mol. The van der Waals surface area contributed by atoms with Crippen LogP contribution in [-0.2, 0) is 4.74 Å². The molecule has 7 heteroatoms. The predicted octanol–water partition coefficient (Wildman–Crippen LogP) is 2.53. The molecule has 24 heavy (non-hydrogen) atoms. The lowest BCUT2D eigenvalue weighted by atomic mass is 10.1. The molecule has 2 aromatic rings. The molecule has 1 N–H and O–H groups in total. The summed E-state index contributed by atoms with van der Waals surface area (Å²) in [5.74, 6) is 0.760. The highest BCUT2D eigenvalue weighted by Crippen LogP contribution is 2.22. The Labute approximate surface area is 141 Å². The number of H-pyrrole nitrogens is 1. The molecule has 1 amide bonds. The second kappa shape index (κ2) is 6.51. The highest BCUT2D eigenvalue weighted by molar-refractivity contribution is 5.69. The molecule has 0 bridgehead atoms. The first-order chi connectivity index (χ1) is 11.4. The zero-order valence-corrected chi connectivity index (χ0v) is 14.3. The maximum atomic E-state index is 12.1. The molecule has 1 aromatic heterocycles. The van der Waals surface area contributed by atoms with Crippen molar-refractivity contribution in [2.75, 3.05) is 31.1 Å². The van der Waals surface area contributed by atoms with Gasteiger partial charge < -0.3 is 14.5 Å². The van der Waals surface area contributed by atoms with E-state index in [0.29, 0.717) is 13.1 Å². The van der Waals surface area contributed by atoms with Crippen LogP contribution in [0.15, 0.2) is 30.6 Å². The zero-order chi connectivity index (χ0) is 17.2. The second-order valence-electron chi connectivity index (χ2n) is 6.84. The summed E-state index contributed by atoms with van der Waals surface area (Å²) in [5.41, 5.74) is 1.69. The zero-order valence-electron chi connectivity index (χ0n) is 14.3. The van der Waals surface area contributed by atoms with Crippen LogP contribution in [0.3, 0.4) is 0 Å². The number of carbonyl (C=O) groups excluding carboxylic acids is 1. The summed E-state index contributed by atoms with van der Waals surface area (Å²) in [6.07, 6.45) is 1.27. The quantitative estimate of drug-likeness (QED) is 0.916. The number of piperazine rings is 1. The fraction of sp³-hybridized carbons (Fsp3) is 0.471. The van der Waals surface area contributed by atoms with Crippen molar-refractivity contribution in [2.24, 2.45) is 0 Å². The molecule has 0 unspecified atom stereocenters. The number of nitrogens with zero attached hydrogens (tertiary/aromatic N) is 4. The molecule has 1 saturated heterocycles. The van der Waals surface area contributed by atoms with Crippen molar-refractivity contribution >= 4 is 11.8 Å². The molecule has 0 radical (unpaired) electrons. The molecule has 0 saturated carbocycles. The Balaban J connectivity index is 1.58. The number of nitrogens with one attached hydrogen (secondary N) is 1. The van der Waals surface area contributed by atoms with Gasteiger partial charge in [0, 0.05) is 37.4 Å². The van der Waals surface area contributed by atoms with E-state index in [-0.39, 0.29) is 6.09 Å². The normalized spacial score (nSPS) is 15.5. The molecule has 1 aliphatic rings. The first-order valence-corrected chi connectivity index (χ1v) is 8.11. The van der Waals surface area contributed by atoms with Gasteiger partial charge in [-0.15, -0.1) is 0 Å². The summed E-state index contributed by atoms with van der Waals surface area (Å²) in [4.78, 5) is 20.3. The molecular formula is C17H23N5O2. The van der Waals surface area contributed by atoms with Gasteiger partial charge >= 0.3 is 6.09 Å². The number of rotatable bonds is 2. The van der Waals surface area contributed by atoms with E-state index in [1.807, 2.05) is 32.9 Å². The molecule has 3 rings (SSSR count). The van der Waals surface area contributed by atoms with Gasteiger partial charge in [-0.1, -0.05) is 0 Å². The van der Waals surface area contributed by atoms with Gasteiger partial charge in [-0.25, -0.2) is 9.78 Å². The van der Waals surface area contributed by atoms with Crippen LogP contribution in [0.25, 0.3) is 11.4 Å². The highest BCUT2D eigenvalue weighted by Gasteiger charge is 2.25. The molecule has 2 heterocycles. The lowest BCUT2D eigenvalue weighted by Gasteiger charge is -2.36. The molecule has 1 aliphatic heterocycles. The number of anilines is 1. The van der Waals surface area contributed by atoms with Crippen molar-refractivity contribution in [2.45, 2.75) is 26.4 Å². The van der Waals surface area contributed by atoms with E-state index in [1.165, 1.54) is 6.33 Å². The van der Waals surface area contributed by atoms with E-state index in [1.54, 1.807) is 4.90 Å². The number of aromatic nitrogens is 3. The minimum absolute atomic E-state index is 0.234. The summed E-state index contributed by atoms with van der Waals surface area (Å²) in [7, 11) is 0. The first kappa shape index (κ1) is 16.3. The summed E-state index contributed by atoms with van der Waals surface area (Å²) >= 11 is 0. The summed E-state index contributed by atoms with van der Waals surface area (Å²) in [5, 5.41) is 6.72. The van der Waals surface area contributed by atoms with E-state index >= 15 is 0 Å². The van der Waals surface area contributed by atoms with Crippen molar-refractivity contribution in [3.8, 4) is 11.4 Å². The molecule has 1 fully saturated rings. The minimum atomic E-state index is -0.454. The Kier molecular flexibility index (Phi) is 4.42. The Bertz CT molecular complexity index is 668. The highest BCUT2D eigenvalue weighted by atomic mass is 16.6. The third kappa shape index (κ3) is 3.84. The van der Waals surface area contributed by atoms with Gasteiger partial charge in [-0.3, -0.25) is 5.10 Å². The van der Waals surface area contributed by atoms with Crippen molar-refractivity contribution in [3.63, 3.8) is 0 Å². The van der Waals surface area contributed by atoms with Crippen LogP contribution in [0.4, 0.5) is 10.5 Å².